The molecule has 0 bridgehead atoms. The Balaban J connectivity index is 1.33. The summed E-state index contributed by atoms with van der Waals surface area (Å²) in [6.07, 6.45) is 13.7. The van der Waals surface area contributed by atoms with E-state index in [1.165, 1.54) is 80.9 Å². The van der Waals surface area contributed by atoms with Crippen LogP contribution in [0.5, 0.6) is 0 Å². The summed E-state index contributed by atoms with van der Waals surface area (Å²) in [7, 11) is 0. The second kappa shape index (κ2) is 10.6. The minimum Gasteiger partial charge on any atom is -0.373 e. The van der Waals surface area contributed by atoms with Gasteiger partial charge in [0.05, 0.1) is 12.7 Å². The van der Waals surface area contributed by atoms with E-state index in [0.29, 0.717) is 0 Å². The Labute approximate surface area is 184 Å². The number of hydrogen-bond donors (Lipinski definition) is 0. The van der Waals surface area contributed by atoms with Gasteiger partial charge in [0.25, 0.3) is 0 Å². The topological polar surface area (TPSA) is 9.23 Å². The Morgan fingerprint density at radius 2 is 1.17 bits per heavy atom. The van der Waals surface area contributed by atoms with Crippen molar-refractivity contribution in [2.75, 3.05) is 6.61 Å². The Morgan fingerprint density at radius 1 is 0.633 bits per heavy atom. The third-order valence-electron chi connectivity index (χ3n) is 7.61. The van der Waals surface area contributed by atoms with Crippen LogP contribution in [0.1, 0.15) is 101 Å². The summed E-state index contributed by atoms with van der Waals surface area (Å²) < 4.78 is 6.18. The molecule has 1 aliphatic heterocycles. The average molecular weight is 405 g/mol. The summed E-state index contributed by atoms with van der Waals surface area (Å²) in [4.78, 5) is 0. The van der Waals surface area contributed by atoms with Crippen LogP contribution >= 0.6 is 0 Å². The van der Waals surface area contributed by atoms with Gasteiger partial charge in [-0.1, -0.05) is 81.6 Å². The summed E-state index contributed by atoms with van der Waals surface area (Å²) in [6.45, 7) is 5.53. The monoisotopic (exact) mass is 404 g/mol. The molecule has 1 heteroatoms. The fourth-order valence-electron chi connectivity index (χ4n) is 5.74. The highest BCUT2D eigenvalue weighted by molar-refractivity contribution is 5.64. The summed E-state index contributed by atoms with van der Waals surface area (Å²) in [5.41, 5.74) is 5.53. The van der Waals surface area contributed by atoms with Crippen molar-refractivity contribution in [3.63, 3.8) is 0 Å². The normalized spacial score (nSPS) is 27.1. The Bertz CT molecular complexity index is 676. The molecule has 1 saturated heterocycles. The number of rotatable bonds is 7. The molecule has 0 radical (unpaired) electrons. The highest BCUT2D eigenvalue weighted by Gasteiger charge is 2.23. The van der Waals surface area contributed by atoms with E-state index in [1.54, 1.807) is 5.56 Å². The maximum absolute atomic E-state index is 6.18. The second-order valence-electron chi connectivity index (χ2n) is 9.80. The third-order valence-corrected chi connectivity index (χ3v) is 7.61. The molecule has 4 rings (SSSR count). The van der Waals surface area contributed by atoms with Crippen molar-refractivity contribution in [3.05, 3.63) is 59.7 Å². The zero-order chi connectivity index (χ0) is 20.8. The van der Waals surface area contributed by atoms with Crippen LogP contribution in [0.15, 0.2) is 48.5 Å². The maximum atomic E-state index is 6.18. The van der Waals surface area contributed by atoms with Crippen LogP contribution in [0.2, 0.25) is 0 Å². The van der Waals surface area contributed by atoms with Crippen LogP contribution in [0, 0.1) is 11.8 Å². The molecule has 162 valence electrons. The first kappa shape index (κ1) is 21.6. The summed E-state index contributed by atoms with van der Waals surface area (Å²) in [6, 6.07) is 18.5. The predicted molar refractivity (Wildman–Crippen MR) is 128 cm³/mol. The van der Waals surface area contributed by atoms with Gasteiger partial charge in [-0.3, -0.25) is 0 Å². The molecule has 2 atom stereocenters. The quantitative estimate of drug-likeness (QED) is 0.448. The molecule has 2 fully saturated rings. The van der Waals surface area contributed by atoms with Gasteiger partial charge in [0, 0.05) is 0 Å². The van der Waals surface area contributed by atoms with Gasteiger partial charge < -0.3 is 4.74 Å². The van der Waals surface area contributed by atoms with E-state index in [0.717, 1.165) is 24.4 Å². The number of ether oxygens (including phenoxy) is 1. The van der Waals surface area contributed by atoms with Crippen molar-refractivity contribution >= 4 is 0 Å². The molecule has 2 aliphatic rings. The van der Waals surface area contributed by atoms with Crippen molar-refractivity contribution in [3.8, 4) is 11.1 Å². The van der Waals surface area contributed by atoms with Crippen molar-refractivity contribution in [2.24, 2.45) is 11.8 Å². The van der Waals surface area contributed by atoms with Gasteiger partial charge in [0.15, 0.2) is 0 Å². The smallest absolute Gasteiger partial charge is 0.0825 e. The lowest BCUT2D eigenvalue weighted by Crippen LogP contribution is -2.20. The van der Waals surface area contributed by atoms with Crippen LogP contribution < -0.4 is 0 Å². The summed E-state index contributed by atoms with van der Waals surface area (Å²) in [5.74, 6) is 2.52. The van der Waals surface area contributed by atoms with Gasteiger partial charge >= 0.3 is 0 Å². The largest absolute Gasteiger partial charge is 0.373 e. The lowest BCUT2D eigenvalue weighted by molar-refractivity contribution is -0.0194. The molecule has 1 nitrogen and oxygen atoms in total. The van der Waals surface area contributed by atoms with E-state index in [4.69, 9.17) is 4.74 Å². The van der Waals surface area contributed by atoms with Crippen LogP contribution in [0.25, 0.3) is 11.1 Å². The van der Waals surface area contributed by atoms with Gasteiger partial charge in [-0.25, -0.2) is 0 Å². The lowest BCUT2D eigenvalue weighted by Gasteiger charge is -2.29. The molecule has 0 N–H and O–H groups in total. The molecule has 1 heterocycles. The summed E-state index contributed by atoms with van der Waals surface area (Å²) in [5, 5.41) is 0. The van der Waals surface area contributed by atoms with Gasteiger partial charge in [0.2, 0.25) is 0 Å². The average Bonchev–Trinajstić information content (AvgIpc) is 2.81. The molecule has 2 unspecified atom stereocenters. The molecule has 1 saturated carbocycles. The minimum absolute atomic E-state index is 0.289. The fraction of sp³-hybridized carbons (Fsp3) is 0.586. The molecule has 2 aromatic carbocycles. The predicted octanol–water partition coefficient (Wildman–Crippen LogP) is 8.70. The third kappa shape index (κ3) is 5.35. The molecule has 2 aromatic rings. The van der Waals surface area contributed by atoms with E-state index in [2.05, 4.69) is 62.4 Å². The van der Waals surface area contributed by atoms with Gasteiger partial charge in [0.1, 0.15) is 0 Å². The van der Waals surface area contributed by atoms with E-state index >= 15 is 0 Å². The first-order valence-corrected chi connectivity index (χ1v) is 12.6. The van der Waals surface area contributed by atoms with E-state index in [-0.39, 0.29) is 6.10 Å². The molecule has 30 heavy (non-hydrogen) atoms. The standard InChI is InChI=1S/C29H40O/c1-3-5-22-7-10-24(11-8-22)25-12-14-26(15-13-25)27-16-18-28(19-17-27)29-20-9-23(6-4-2)21-30-29/h12-19,22-24,29H,3-11,20-21H2,1-2H3/t22-,23?,24-,29?. The van der Waals surface area contributed by atoms with Gasteiger partial charge in [-0.15, -0.1) is 0 Å². The number of benzene rings is 2. The first-order valence-electron chi connectivity index (χ1n) is 12.6. The first-order chi connectivity index (χ1) is 14.8. The maximum Gasteiger partial charge on any atom is 0.0825 e. The molecule has 0 spiro atoms. The fourth-order valence-corrected chi connectivity index (χ4v) is 5.74. The lowest BCUT2D eigenvalue weighted by atomic mass is 9.77. The Kier molecular flexibility index (Phi) is 7.66. The van der Waals surface area contributed by atoms with Crippen LogP contribution in [0.3, 0.4) is 0 Å². The van der Waals surface area contributed by atoms with Gasteiger partial charge in [-0.2, -0.15) is 0 Å². The van der Waals surface area contributed by atoms with Crippen LogP contribution in [0.4, 0.5) is 0 Å². The zero-order valence-corrected chi connectivity index (χ0v) is 19.1. The highest BCUT2D eigenvalue weighted by atomic mass is 16.5. The van der Waals surface area contributed by atoms with Crippen molar-refractivity contribution in [2.45, 2.75) is 90.1 Å². The van der Waals surface area contributed by atoms with Crippen molar-refractivity contribution in [1.82, 2.24) is 0 Å². The van der Waals surface area contributed by atoms with Crippen LogP contribution in [-0.2, 0) is 4.74 Å². The minimum atomic E-state index is 0.289. The van der Waals surface area contributed by atoms with Crippen molar-refractivity contribution < 1.29 is 4.74 Å². The molecular weight excluding hydrogens is 364 g/mol. The molecular formula is C29H40O. The van der Waals surface area contributed by atoms with Crippen LogP contribution in [-0.4, -0.2) is 6.61 Å². The zero-order valence-electron chi connectivity index (χ0n) is 19.1. The second-order valence-corrected chi connectivity index (χ2v) is 9.80. The van der Waals surface area contributed by atoms with E-state index in [1.807, 2.05) is 0 Å². The molecule has 1 aliphatic carbocycles. The molecule has 0 amide bonds. The van der Waals surface area contributed by atoms with E-state index < -0.39 is 0 Å². The highest BCUT2D eigenvalue weighted by Crippen LogP contribution is 2.38. The Morgan fingerprint density at radius 3 is 1.70 bits per heavy atom. The SMILES string of the molecule is CCCC1CCC(c2ccc(-c3ccc([C@H]4CC[C@H](CCC)CC4)cc3)cc2)OC1. The molecule has 0 aromatic heterocycles. The Hall–Kier alpha value is -1.60. The van der Waals surface area contributed by atoms with Crippen molar-refractivity contribution in [1.29, 1.82) is 0 Å². The van der Waals surface area contributed by atoms with Gasteiger partial charge in [-0.05, 0) is 85.0 Å². The van der Waals surface area contributed by atoms with E-state index in [9.17, 15) is 0 Å². The summed E-state index contributed by atoms with van der Waals surface area (Å²) >= 11 is 0. The number of hydrogen-bond acceptors (Lipinski definition) is 1.